The Balaban J connectivity index is 1.93. The van der Waals surface area contributed by atoms with Gasteiger partial charge in [-0.3, -0.25) is 4.79 Å². The van der Waals surface area contributed by atoms with E-state index in [0.29, 0.717) is 29.1 Å². The van der Waals surface area contributed by atoms with Gasteiger partial charge in [0.25, 0.3) is 5.56 Å². The van der Waals surface area contributed by atoms with Gasteiger partial charge < -0.3 is 9.47 Å². The second-order valence-electron chi connectivity index (χ2n) is 7.09. The van der Waals surface area contributed by atoms with Crippen LogP contribution in [0.5, 0.6) is 5.75 Å². The second kappa shape index (κ2) is 11.0. The number of carbonyl (C=O) groups excluding carboxylic acids is 1. The Morgan fingerprint density at radius 2 is 2.06 bits per heavy atom. The summed E-state index contributed by atoms with van der Waals surface area (Å²) in [6.45, 7) is 5.99. The summed E-state index contributed by atoms with van der Waals surface area (Å²) in [5, 5.41) is 4.98. The first-order valence-electron chi connectivity index (χ1n) is 10.2. The lowest BCUT2D eigenvalue weighted by molar-refractivity contribution is -0.145. The van der Waals surface area contributed by atoms with E-state index in [4.69, 9.17) is 14.5 Å². The summed E-state index contributed by atoms with van der Waals surface area (Å²) in [5.74, 6) is 0.839. The number of hydrogen-bond donors (Lipinski definition) is 0. The number of carbonyl (C=O) groups is 1. The van der Waals surface area contributed by atoms with Gasteiger partial charge in [0.15, 0.2) is 6.61 Å². The predicted octanol–water partition coefficient (Wildman–Crippen LogP) is 5.10. The monoisotopic (exact) mass is 611 g/mol. The summed E-state index contributed by atoms with van der Waals surface area (Å²) in [4.78, 5) is 29.4. The minimum absolute atomic E-state index is 0.0617. The molecule has 3 aromatic rings. The van der Waals surface area contributed by atoms with Crippen LogP contribution in [0.25, 0.3) is 10.9 Å². The molecule has 0 spiro atoms. The molecule has 1 aromatic heterocycles. The third kappa shape index (κ3) is 5.74. The minimum atomic E-state index is -0.415. The van der Waals surface area contributed by atoms with Crippen LogP contribution in [0.4, 0.5) is 0 Å². The van der Waals surface area contributed by atoms with Crippen LogP contribution in [0.2, 0.25) is 0 Å². The Labute approximate surface area is 208 Å². The van der Waals surface area contributed by atoms with E-state index in [1.165, 1.54) is 4.68 Å². The molecule has 3 rings (SSSR count). The van der Waals surface area contributed by atoms with Gasteiger partial charge in [0.05, 0.1) is 27.3 Å². The lowest BCUT2D eigenvalue weighted by Gasteiger charge is -2.14. The van der Waals surface area contributed by atoms with Crippen molar-refractivity contribution < 1.29 is 14.3 Å². The molecule has 1 heterocycles. The van der Waals surface area contributed by atoms with Gasteiger partial charge in [-0.2, -0.15) is 9.78 Å². The average Bonchev–Trinajstić information content (AvgIpc) is 2.77. The molecule has 0 saturated carbocycles. The highest BCUT2D eigenvalue weighted by Crippen LogP contribution is 2.23. The van der Waals surface area contributed by atoms with E-state index < -0.39 is 5.97 Å². The molecule has 0 aliphatic rings. The zero-order chi connectivity index (χ0) is 23.3. The third-order valence-electron chi connectivity index (χ3n) is 4.82. The van der Waals surface area contributed by atoms with Gasteiger partial charge in [0.1, 0.15) is 11.6 Å². The van der Waals surface area contributed by atoms with Crippen LogP contribution >= 0.6 is 38.5 Å². The van der Waals surface area contributed by atoms with Crippen molar-refractivity contribution in [2.24, 2.45) is 5.10 Å². The maximum Gasteiger partial charge on any atom is 0.344 e. The van der Waals surface area contributed by atoms with Gasteiger partial charge in [-0.1, -0.05) is 29.8 Å². The molecule has 0 aliphatic heterocycles. The van der Waals surface area contributed by atoms with Crippen molar-refractivity contribution in [3.8, 4) is 5.75 Å². The molecule has 0 amide bonds. The van der Waals surface area contributed by atoms with E-state index in [9.17, 15) is 9.59 Å². The number of aromatic nitrogens is 2. The predicted molar refractivity (Wildman–Crippen MR) is 137 cm³/mol. The summed E-state index contributed by atoms with van der Waals surface area (Å²) in [7, 11) is 0. The molecule has 9 heteroatoms. The van der Waals surface area contributed by atoms with E-state index in [1.54, 1.807) is 25.3 Å². The first-order chi connectivity index (χ1) is 15.3. The van der Waals surface area contributed by atoms with Gasteiger partial charge in [-0.05, 0) is 77.9 Å². The number of fused-ring (bicyclic) bond motifs is 1. The van der Waals surface area contributed by atoms with E-state index in [-0.39, 0.29) is 18.1 Å². The fraction of sp³-hybridized carbons (Fsp3) is 0.304. The molecular weight excluding hydrogens is 589 g/mol. The topological polar surface area (TPSA) is 82.8 Å². The summed E-state index contributed by atoms with van der Waals surface area (Å²) in [5.41, 5.74) is 1.22. The fourth-order valence-corrected chi connectivity index (χ4v) is 4.01. The van der Waals surface area contributed by atoms with Gasteiger partial charge >= 0.3 is 5.97 Å². The molecule has 0 radical (unpaired) electrons. The molecule has 32 heavy (non-hydrogen) atoms. The van der Waals surface area contributed by atoms with Crippen LogP contribution in [0.15, 0.2) is 50.8 Å². The van der Waals surface area contributed by atoms with E-state index in [1.807, 2.05) is 38.1 Å². The zero-order valence-corrected chi connectivity index (χ0v) is 21.7. The van der Waals surface area contributed by atoms with Crippen molar-refractivity contribution in [2.75, 3.05) is 13.2 Å². The highest BCUT2D eigenvalue weighted by molar-refractivity contribution is 14.1. The van der Waals surface area contributed by atoms with Crippen molar-refractivity contribution >= 4 is 61.6 Å². The maximum absolute atomic E-state index is 13.2. The number of esters is 1. The summed E-state index contributed by atoms with van der Waals surface area (Å²) in [6, 6.07) is 10.9. The molecule has 0 fully saturated rings. The smallest absolute Gasteiger partial charge is 0.344 e. The van der Waals surface area contributed by atoms with Crippen molar-refractivity contribution in [3.05, 3.63) is 66.2 Å². The maximum atomic E-state index is 13.2. The number of nitrogens with zero attached hydrogens (tertiary/aromatic N) is 3. The lowest BCUT2D eigenvalue weighted by Crippen LogP contribution is -2.23. The Hall–Kier alpha value is -2.27. The lowest BCUT2D eigenvalue weighted by atomic mass is 10.1. The van der Waals surface area contributed by atoms with Crippen LogP contribution < -0.4 is 10.3 Å². The summed E-state index contributed by atoms with van der Waals surface area (Å²) < 4.78 is 13.4. The molecule has 7 nitrogen and oxygen atoms in total. The van der Waals surface area contributed by atoms with Crippen molar-refractivity contribution in [1.29, 1.82) is 0 Å². The van der Waals surface area contributed by atoms with Gasteiger partial charge in [0.2, 0.25) is 0 Å². The Morgan fingerprint density at radius 3 is 2.75 bits per heavy atom. The molecule has 2 aromatic carbocycles. The standard InChI is InChI=1S/C23H23BrIN3O4/c1-4-14(3)22-27-19-8-7-16(24)11-17(19)23(30)28(22)26-12-15-6-9-20(18(25)10-15)32-13-21(29)31-5-2/h6-12,14H,4-5,13H2,1-3H3/t14-/m1/s1. The first kappa shape index (κ1) is 24.4. The molecule has 168 valence electrons. The van der Waals surface area contributed by atoms with E-state index in [2.05, 4.69) is 43.6 Å². The Kier molecular flexibility index (Phi) is 8.41. The third-order valence-corrected chi connectivity index (χ3v) is 6.15. The average molecular weight is 612 g/mol. The molecular formula is C23H23BrIN3O4. The van der Waals surface area contributed by atoms with Crippen molar-refractivity contribution in [1.82, 2.24) is 9.66 Å². The molecule has 0 unspecified atom stereocenters. The van der Waals surface area contributed by atoms with Crippen LogP contribution in [-0.2, 0) is 9.53 Å². The molecule has 0 saturated heterocycles. The minimum Gasteiger partial charge on any atom is -0.481 e. The SMILES string of the molecule is CCOC(=O)COc1ccc(C=Nn2c([C@H](C)CC)nc3ccc(Br)cc3c2=O)cc1I. The quantitative estimate of drug-likeness (QED) is 0.201. The summed E-state index contributed by atoms with van der Waals surface area (Å²) in [6.07, 6.45) is 2.45. The zero-order valence-electron chi connectivity index (χ0n) is 18.0. The van der Waals surface area contributed by atoms with Gasteiger partial charge in [-0.15, -0.1) is 0 Å². The highest BCUT2D eigenvalue weighted by Gasteiger charge is 2.15. The number of hydrogen-bond acceptors (Lipinski definition) is 6. The fourth-order valence-electron chi connectivity index (χ4n) is 2.96. The Morgan fingerprint density at radius 1 is 1.28 bits per heavy atom. The Bertz CT molecular complexity index is 1230. The largest absolute Gasteiger partial charge is 0.481 e. The molecule has 0 N–H and O–H groups in total. The van der Waals surface area contributed by atoms with Crippen molar-refractivity contribution in [3.63, 3.8) is 0 Å². The van der Waals surface area contributed by atoms with Crippen LogP contribution in [-0.4, -0.2) is 35.1 Å². The van der Waals surface area contributed by atoms with Crippen LogP contribution in [0.3, 0.4) is 0 Å². The van der Waals surface area contributed by atoms with E-state index >= 15 is 0 Å². The van der Waals surface area contributed by atoms with Crippen molar-refractivity contribution in [2.45, 2.75) is 33.1 Å². The summed E-state index contributed by atoms with van der Waals surface area (Å²) >= 11 is 5.55. The number of halogens is 2. The van der Waals surface area contributed by atoms with E-state index in [0.717, 1.165) is 20.0 Å². The number of rotatable bonds is 8. The molecule has 1 atom stereocenters. The van der Waals surface area contributed by atoms with Crippen LogP contribution in [0, 0.1) is 3.57 Å². The van der Waals surface area contributed by atoms with Crippen LogP contribution in [0.1, 0.15) is 44.5 Å². The highest BCUT2D eigenvalue weighted by atomic mass is 127. The molecule has 0 aliphatic carbocycles. The number of benzene rings is 2. The van der Waals surface area contributed by atoms with Gasteiger partial charge in [-0.25, -0.2) is 9.78 Å². The molecule has 0 bridgehead atoms. The number of ether oxygens (including phenoxy) is 2. The second-order valence-corrected chi connectivity index (χ2v) is 9.16. The first-order valence-corrected chi connectivity index (χ1v) is 12.1. The normalized spacial score (nSPS) is 12.3. The van der Waals surface area contributed by atoms with Gasteiger partial charge in [0, 0.05) is 10.4 Å².